The Hall–Kier alpha value is -1.09. The zero-order valence-corrected chi connectivity index (χ0v) is 8.46. The third-order valence-electron chi connectivity index (χ3n) is 1.64. The molecular formula is C10H17N3. The summed E-state index contributed by atoms with van der Waals surface area (Å²) in [5.74, 6) is 0. The highest BCUT2D eigenvalue weighted by Crippen LogP contribution is 2.05. The van der Waals surface area contributed by atoms with E-state index >= 15 is 0 Å². The monoisotopic (exact) mass is 179 g/mol. The van der Waals surface area contributed by atoms with Crippen LogP contribution in [0.15, 0.2) is 18.3 Å². The fourth-order valence-corrected chi connectivity index (χ4v) is 0.949. The molecule has 0 bridgehead atoms. The minimum absolute atomic E-state index is 0.117. The van der Waals surface area contributed by atoms with Gasteiger partial charge in [-0.1, -0.05) is 0 Å². The molecule has 72 valence electrons. The van der Waals surface area contributed by atoms with E-state index in [1.54, 1.807) is 12.3 Å². The number of aromatic nitrogens is 1. The van der Waals surface area contributed by atoms with Crippen molar-refractivity contribution in [3.05, 3.63) is 24.0 Å². The molecular weight excluding hydrogens is 162 g/mol. The van der Waals surface area contributed by atoms with E-state index in [-0.39, 0.29) is 5.54 Å². The van der Waals surface area contributed by atoms with Crippen LogP contribution in [0.3, 0.4) is 0 Å². The van der Waals surface area contributed by atoms with Gasteiger partial charge < -0.3 is 11.1 Å². The second-order valence-electron chi connectivity index (χ2n) is 4.18. The second-order valence-corrected chi connectivity index (χ2v) is 4.18. The summed E-state index contributed by atoms with van der Waals surface area (Å²) in [6.45, 7) is 7.13. The number of nitrogens with zero attached hydrogens (tertiary/aromatic N) is 1. The van der Waals surface area contributed by atoms with Gasteiger partial charge in [0.2, 0.25) is 0 Å². The van der Waals surface area contributed by atoms with Crippen molar-refractivity contribution < 1.29 is 0 Å². The fourth-order valence-electron chi connectivity index (χ4n) is 0.949. The second kappa shape index (κ2) is 3.75. The fraction of sp³-hybridized carbons (Fsp3) is 0.500. The zero-order valence-electron chi connectivity index (χ0n) is 8.46. The lowest BCUT2D eigenvalue weighted by Crippen LogP contribution is -2.35. The molecule has 13 heavy (non-hydrogen) atoms. The summed E-state index contributed by atoms with van der Waals surface area (Å²) in [5.41, 5.74) is 7.49. The number of pyridine rings is 1. The molecule has 0 aliphatic carbocycles. The van der Waals surface area contributed by atoms with Crippen LogP contribution < -0.4 is 11.1 Å². The van der Waals surface area contributed by atoms with Gasteiger partial charge in [0.1, 0.15) is 0 Å². The molecule has 0 radical (unpaired) electrons. The molecule has 0 saturated heterocycles. The quantitative estimate of drug-likeness (QED) is 0.724. The number of rotatable bonds is 2. The maximum absolute atomic E-state index is 5.63. The summed E-state index contributed by atoms with van der Waals surface area (Å²) >= 11 is 0. The predicted octanol–water partition coefficient (Wildman–Crippen LogP) is 1.55. The van der Waals surface area contributed by atoms with Gasteiger partial charge in [0, 0.05) is 24.0 Å². The molecule has 1 aromatic rings. The van der Waals surface area contributed by atoms with Gasteiger partial charge in [0.25, 0.3) is 0 Å². The Morgan fingerprint density at radius 3 is 2.69 bits per heavy atom. The van der Waals surface area contributed by atoms with Crippen molar-refractivity contribution in [3.8, 4) is 0 Å². The van der Waals surface area contributed by atoms with E-state index < -0.39 is 0 Å². The molecule has 3 heteroatoms. The van der Waals surface area contributed by atoms with E-state index in [2.05, 4.69) is 31.1 Å². The maximum Gasteiger partial charge on any atom is 0.0562 e. The van der Waals surface area contributed by atoms with Crippen molar-refractivity contribution in [1.29, 1.82) is 0 Å². The largest absolute Gasteiger partial charge is 0.399 e. The third kappa shape index (κ3) is 3.90. The molecule has 0 aromatic carbocycles. The molecule has 0 fully saturated rings. The number of nitrogens with one attached hydrogen (secondary N) is 1. The molecule has 0 saturated carbocycles. The molecule has 1 rings (SSSR count). The van der Waals surface area contributed by atoms with Crippen LogP contribution in [0.4, 0.5) is 5.69 Å². The van der Waals surface area contributed by atoms with Gasteiger partial charge in [-0.15, -0.1) is 0 Å². The molecule has 0 atom stereocenters. The Morgan fingerprint density at radius 1 is 1.46 bits per heavy atom. The van der Waals surface area contributed by atoms with Crippen molar-refractivity contribution in [1.82, 2.24) is 10.3 Å². The maximum atomic E-state index is 5.63. The molecule has 3 nitrogen and oxygen atoms in total. The lowest BCUT2D eigenvalue weighted by molar-refractivity contribution is 0.421. The standard InChI is InChI=1S/C10H17N3/c1-10(2,3)13-7-9-6-8(11)4-5-12-9/h4-6,13H,7H2,1-3H3,(H2,11,12). The van der Waals surface area contributed by atoms with Crippen molar-refractivity contribution in [3.63, 3.8) is 0 Å². The van der Waals surface area contributed by atoms with Gasteiger partial charge in [-0.3, -0.25) is 4.98 Å². The highest BCUT2D eigenvalue weighted by Gasteiger charge is 2.08. The molecule has 1 aromatic heterocycles. The minimum Gasteiger partial charge on any atom is -0.399 e. The van der Waals surface area contributed by atoms with Gasteiger partial charge in [-0.2, -0.15) is 0 Å². The normalized spacial score (nSPS) is 11.6. The molecule has 1 heterocycles. The molecule has 0 aliphatic rings. The highest BCUT2D eigenvalue weighted by atomic mass is 15.0. The summed E-state index contributed by atoms with van der Waals surface area (Å²) in [6, 6.07) is 3.68. The van der Waals surface area contributed by atoms with Crippen LogP contribution in [0.25, 0.3) is 0 Å². The Morgan fingerprint density at radius 2 is 2.15 bits per heavy atom. The number of anilines is 1. The van der Waals surface area contributed by atoms with Gasteiger partial charge in [0.05, 0.1) is 5.69 Å². The average molecular weight is 179 g/mol. The summed E-state index contributed by atoms with van der Waals surface area (Å²) in [7, 11) is 0. The lowest BCUT2D eigenvalue weighted by Gasteiger charge is -2.20. The van der Waals surface area contributed by atoms with Crippen LogP contribution in [0, 0.1) is 0 Å². The summed E-state index contributed by atoms with van der Waals surface area (Å²) < 4.78 is 0. The van der Waals surface area contributed by atoms with Crippen LogP contribution in [0.2, 0.25) is 0 Å². The molecule has 0 aliphatic heterocycles. The van der Waals surface area contributed by atoms with Gasteiger partial charge in [0.15, 0.2) is 0 Å². The first-order chi connectivity index (χ1) is 5.97. The first-order valence-electron chi connectivity index (χ1n) is 4.43. The van der Waals surface area contributed by atoms with Crippen LogP contribution in [0.1, 0.15) is 26.5 Å². The van der Waals surface area contributed by atoms with Crippen LogP contribution in [-0.2, 0) is 6.54 Å². The van der Waals surface area contributed by atoms with E-state index in [9.17, 15) is 0 Å². The first-order valence-corrected chi connectivity index (χ1v) is 4.43. The van der Waals surface area contributed by atoms with Crippen LogP contribution >= 0.6 is 0 Å². The average Bonchev–Trinajstić information content (AvgIpc) is 2.00. The van der Waals surface area contributed by atoms with Crippen LogP contribution in [0.5, 0.6) is 0 Å². The Labute approximate surface area is 79.4 Å². The Kier molecular flexibility index (Phi) is 2.88. The van der Waals surface area contributed by atoms with Crippen molar-refractivity contribution in [2.45, 2.75) is 32.9 Å². The third-order valence-corrected chi connectivity index (χ3v) is 1.64. The molecule has 0 unspecified atom stereocenters. The number of hydrogen-bond acceptors (Lipinski definition) is 3. The van der Waals surface area contributed by atoms with E-state index in [0.717, 1.165) is 17.9 Å². The minimum atomic E-state index is 0.117. The van der Waals surface area contributed by atoms with Gasteiger partial charge in [-0.25, -0.2) is 0 Å². The predicted molar refractivity (Wildman–Crippen MR) is 55.2 cm³/mol. The van der Waals surface area contributed by atoms with E-state index in [1.165, 1.54) is 0 Å². The van der Waals surface area contributed by atoms with E-state index in [0.29, 0.717) is 0 Å². The topological polar surface area (TPSA) is 50.9 Å². The number of nitrogens with two attached hydrogens (primary N) is 1. The smallest absolute Gasteiger partial charge is 0.0562 e. The van der Waals surface area contributed by atoms with Gasteiger partial charge >= 0.3 is 0 Å². The number of hydrogen-bond donors (Lipinski definition) is 2. The van der Waals surface area contributed by atoms with Crippen molar-refractivity contribution >= 4 is 5.69 Å². The number of nitrogen functional groups attached to an aromatic ring is 1. The van der Waals surface area contributed by atoms with Crippen molar-refractivity contribution in [2.75, 3.05) is 5.73 Å². The Balaban J connectivity index is 2.55. The van der Waals surface area contributed by atoms with E-state index in [4.69, 9.17) is 5.73 Å². The zero-order chi connectivity index (χ0) is 9.90. The molecule has 3 N–H and O–H groups in total. The molecule has 0 amide bonds. The van der Waals surface area contributed by atoms with Gasteiger partial charge in [-0.05, 0) is 32.9 Å². The molecule has 0 spiro atoms. The highest BCUT2D eigenvalue weighted by molar-refractivity contribution is 5.37. The van der Waals surface area contributed by atoms with E-state index in [1.807, 2.05) is 6.07 Å². The van der Waals surface area contributed by atoms with Crippen molar-refractivity contribution in [2.24, 2.45) is 0 Å². The summed E-state index contributed by atoms with van der Waals surface area (Å²) in [4.78, 5) is 4.20. The first kappa shape index (κ1) is 9.99. The SMILES string of the molecule is CC(C)(C)NCc1cc(N)ccn1. The lowest BCUT2D eigenvalue weighted by atomic mass is 10.1. The summed E-state index contributed by atoms with van der Waals surface area (Å²) in [5, 5.41) is 3.35. The summed E-state index contributed by atoms with van der Waals surface area (Å²) in [6.07, 6.45) is 1.73. The van der Waals surface area contributed by atoms with Crippen LogP contribution in [-0.4, -0.2) is 10.5 Å². The Bertz CT molecular complexity index is 276.